The van der Waals surface area contributed by atoms with Gasteiger partial charge in [0.1, 0.15) is 5.76 Å². The lowest BCUT2D eigenvalue weighted by molar-refractivity contribution is -0.139. The zero-order valence-corrected chi connectivity index (χ0v) is 23.9. The highest BCUT2D eigenvalue weighted by Gasteiger charge is 2.35. The number of rotatable bonds is 7. The Morgan fingerprint density at radius 3 is 2.69 bits per heavy atom. The van der Waals surface area contributed by atoms with Gasteiger partial charge in [0.05, 0.1) is 42.2 Å². The molecule has 4 rings (SSSR count). The largest absolute Gasteiger partial charge is 0.493 e. The number of ether oxygens (including phenoxy) is 3. The minimum absolute atomic E-state index is 0.192. The van der Waals surface area contributed by atoms with E-state index in [0.29, 0.717) is 52.7 Å². The molecule has 2 aromatic heterocycles. The standard InChI is InChI=1S/C24H22BrIN2O6S/c1-5-32-17-11-15(25)14(10-16(17)31-4)21-20(23(30)33-6-2)12(3)27-24-28(21)22(29)18(35-24)9-13-7-8-19(26)34-13/h7-11,21H,5-6H2,1-4H3/b18-9+/t21-/m1/s1. The predicted octanol–water partition coefficient (Wildman–Crippen LogP) is 4.17. The molecular weight excluding hydrogens is 651 g/mol. The molecule has 3 heterocycles. The molecule has 0 saturated carbocycles. The summed E-state index contributed by atoms with van der Waals surface area (Å²) in [7, 11) is 1.54. The highest BCUT2D eigenvalue weighted by atomic mass is 127. The van der Waals surface area contributed by atoms with E-state index in [4.69, 9.17) is 18.6 Å². The van der Waals surface area contributed by atoms with Gasteiger partial charge in [-0.3, -0.25) is 9.36 Å². The molecule has 184 valence electrons. The molecule has 0 N–H and O–H groups in total. The van der Waals surface area contributed by atoms with E-state index in [0.717, 1.165) is 0 Å². The van der Waals surface area contributed by atoms with Gasteiger partial charge in [-0.15, -0.1) is 0 Å². The number of thiazole rings is 1. The normalized spacial score (nSPS) is 15.6. The van der Waals surface area contributed by atoms with Crippen LogP contribution < -0.4 is 24.4 Å². The molecule has 11 heteroatoms. The van der Waals surface area contributed by atoms with Gasteiger partial charge >= 0.3 is 5.97 Å². The number of halogens is 2. The second-order valence-electron chi connectivity index (χ2n) is 7.40. The molecule has 1 aliphatic heterocycles. The van der Waals surface area contributed by atoms with Crippen LogP contribution in [-0.4, -0.2) is 30.9 Å². The van der Waals surface area contributed by atoms with Crippen molar-refractivity contribution in [3.63, 3.8) is 0 Å². The first-order chi connectivity index (χ1) is 16.8. The molecule has 0 aliphatic carbocycles. The van der Waals surface area contributed by atoms with Crippen LogP contribution in [0.15, 0.2) is 54.2 Å². The summed E-state index contributed by atoms with van der Waals surface area (Å²) in [6.07, 6.45) is 1.68. The van der Waals surface area contributed by atoms with Crippen LogP contribution in [0.5, 0.6) is 11.5 Å². The Balaban J connectivity index is 2.00. The Kier molecular flexibility index (Phi) is 7.86. The van der Waals surface area contributed by atoms with E-state index in [1.165, 1.54) is 15.9 Å². The number of methoxy groups -OCH3 is 1. The van der Waals surface area contributed by atoms with E-state index >= 15 is 0 Å². The Morgan fingerprint density at radius 2 is 2.06 bits per heavy atom. The first-order valence-corrected chi connectivity index (χ1v) is 13.4. The van der Waals surface area contributed by atoms with Crippen LogP contribution in [0.3, 0.4) is 0 Å². The molecule has 0 radical (unpaired) electrons. The van der Waals surface area contributed by atoms with Gasteiger partial charge in [0.15, 0.2) is 20.1 Å². The fourth-order valence-electron chi connectivity index (χ4n) is 3.81. The molecule has 0 bridgehead atoms. The van der Waals surface area contributed by atoms with Gasteiger partial charge < -0.3 is 18.6 Å². The maximum absolute atomic E-state index is 13.7. The summed E-state index contributed by atoms with van der Waals surface area (Å²) in [6.45, 7) is 6.00. The summed E-state index contributed by atoms with van der Waals surface area (Å²) < 4.78 is 25.5. The van der Waals surface area contributed by atoms with E-state index in [2.05, 4.69) is 43.5 Å². The number of esters is 1. The van der Waals surface area contributed by atoms with E-state index in [-0.39, 0.29) is 17.7 Å². The van der Waals surface area contributed by atoms with Crippen molar-refractivity contribution in [3.8, 4) is 11.5 Å². The van der Waals surface area contributed by atoms with Gasteiger partial charge in [0.2, 0.25) is 0 Å². The molecule has 0 unspecified atom stereocenters. The highest BCUT2D eigenvalue weighted by molar-refractivity contribution is 14.1. The third-order valence-electron chi connectivity index (χ3n) is 5.26. The molecular formula is C24H22BrIN2O6S. The van der Waals surface area contributed by atoms with Gasteiger partial charge in [0, 0.05) is 10.5 Å². The lowest BCUT2D eigenvalue weighted by Gasteiger charge is -2.26. The molecule has 0 fully saturated rings. The van der Waals surface area contributed by atoms with Crippen molar-refractivity contribution in [1.82, 2.24) is 4.57 Å². The van der Waals surface area contributed by atoms with Crippen molar-refractivity contribution in [2.24, 2.45) is 4.99 Å². The first kappa shape index (κ1) is 25.7. The van der Waals surface area contributed by atoms with Gasteiger partial charge in [0.25, 0.3) is 5.56 Å². The van der Waals surface area contributed by atoms with E-state index < -0.39 is 12.0 Å². The van der Waals surface area contributed by atoms with E-state index in [1.54, 1.807) is 45.2 Å². The number of hydrogen-bond acceptors (Lipinski definition) is 8. The Morgan fingerprint density at radius 1 is 1.29 bits per heavy atom. The first-order valence-electron chi connectivity index (χ1n) is 10.7. The number of fused-ring (bicyclic) bond motifs is 1. The molecule has 0 amide bonds. The van der Waals surface area contributed by atoms with Crippen LogP contribution in [0.1, 0.15) is 38.1 Å². The third kappa shape index (κ3) is 4.98. The summed E-state index contributed by atoms with van der Waals surface area (Å²) in [6, 6.07) is 6.36. The van der Waals surface area contributed by atoms with Gasteiger partial charge in [-0.2, -0.15) is 0 Å². The molecule has 8 nitrogen and oxygen atoms in total. The van der Waals surface area contributed by atoms with Crippen LogP contribution in [0.4, 0.5) is 0 Å². The average Bonchev–Trinajstić information content (AvgIpc) is 3.36. The number of nitrogens with zero attached hydrogens (tertiary/aromatic N) is 2. The quantitative estimate of drug-likeness (QED) is 0.277. The average molecular weight is 673 g/mol. The lowest BCUT2D eigenvalue weighted by atomic mass is 9.95. The number of aromatic nitrogens is 1. The smallest absolute Gasteiger partial charge is 0.338 e. The SMILES string of the molecule is CCOC(=O)C1=C(C)N=c2s/c(=C/c3ccc(I)o3)c(=O)n2[C@@H]1c1cc(OC)c(OCC)cc1Br. The molecule has 1 aromatic carbocycles. The number of carbonyl (C=O) groups excluding carboxylic acids is 1. The fraction of sp³-hybridized carbons (Fsp3) is 0.292. The Bertz CT molecular complexity index is 1500. The second kappa shape index (κ2) is 10.7. The number of hydrogen-bond donors (Lipinski definition) is 0. The summed E-state index contributed by atoms with van der Waals surface area (Å²) in [5, 5.41) is 0. The number of allylic oxidation sites excluding steroid dienone is 1. The summed E-state index contributed by atoms with van der Waals surface area (Å²) >= 11 is 6.91. The minimum Gasteiger partial charge on any atom is -0.493 e. The van der Waals surface area contributed by atoms with Crippen LogP contribution in [0.25, 0.3) is 6.08 Å². The Hall–Kier alpha value is -2.38. The summed E-state index contributed by atoms with van der Waals surface area (Å²) in [5.41, 5.74) is 1.11. The topological polar surface area (TPSA) is 92.3 Å². The molecule has 0 spiro atoms. The van der Waals surface area contributed by atoms with Crippen molar-refractivity contribution in [2.75, 3.05) is 20.3 Å². The lowest BCUT2D eigenvalue weighted by Crippen LogP contribution is -2.40. The zero-order chi connectivity index (χ0) is 25.3. The fourth-order valence-corrected chi connectivity index (χ4v) is 5.81. The number of furan rings is 1. The summed E-state index contributed by atoms with van der Waals surface area (Å²) in [5.74, 6) is 1.05. The number of benzene rings is 1. The second-order valence-corrected chi connectivity index (χ2v) is 10.3. The summed E-state index contributed by atoms with van der Waals surface area (Å²) in [4.78, 5) is 31.8. The molecule has 35 heavy (non-hydrogen) atoms. The van der Waals surface area contributed by atoms with E-state index in [9.17, 15) is 9.59 Å². The van der Waals surface area contributed by atoms with Gasteiger partial charge in [-0.05, 0) is 73.2 Å². The molecule has 1 atom stereocenters. The predicted molar refractivity (Wildman–Crippen MR) is 144 cm³/mol. The third-order valence-corrected chi connectivity index (χ3v) is 7.51. The van der Waals surface area contributed by atoms with E-state index in [1.807, 2.05) is 13.0 Å². The Labute approximate surface area is 227 Å². The van der Waals surface area contributed by atoms with Crippen LogP contribution >= 0.6 is 49.9 Å². The van der Waals surface area contributed by atoms with Crippen LogP contribution in [0, 0.1) is 3.77 Å². The number of carbonyl (C=O) groups is 1. The van der Waals surface area contributed by atoms with Crippen molar-refractivity contribution in [1.29, 1.82) is 0 Å². The van der Waals surface area contributed by atoms with Gasteiger partial charge in [-0.1, -0.05) is 27.3 Å². The molecule has 1 aliphatic rings. The minimum atomic E-state index is -0.789. The van der Waals surface area contributed by atoms with Crippen LogP contribution in [0.2, 0.25) is 0 Å². The molecule has 3 aromatic rings. The van der Waals surface area contributed by atoms with Gasteiger partial charge in [-0.25, -0.2) is 9.79 Å². The zero-order valence-electron chi connectivity index (χ0n) is 19.4. The maximum atomic E-state index is 13.7. The monoisotopic (exact) mass is 672 g/mol. The van der Waals surface area contributed by atoms with Crippen molar-refractivity contribution >= 4 is 61.9 Å². The van der Waals surface area contributed by atoms with Crippen LogP contribution in [-0.2, 0) is 9.53 Å². The van der Waals surface area contributed by atoms with Crippen molar-refractivity contribution in [2.45, 2.75) is 26.8 Å². The van der Waals surface area contributed by atoms with Crippen molar-refractivity contribution < 1.29 is 23.4 Å². The van der Waals surface area contributed by atoms with Crippen molar-refractivity contribution in [3.05, 3.63) is 74.8 Å². The highest BCUT2D eigenvalue weighted by Crippen LogP contribution is 2.41. The molecule has 0 saturated heterocycles. The maximum Gasteiger partial charge on any atom is 0.338 e.